The Balaban J connectivity index is 2.06. The summed E-state index contributed by atoms with van der Waals surface area (Å²) in [4.78, 5) is 15.6. The summed E-state index contributed by atoms with van der Waals surface area (Å²) in [5.41, 5.74) is 2.70. The molecule has 0 saturated heterocycles. The largest absolute Gasteiger partial charge is 0.305 e. The third-order valence-electron chi connectivity index (χ3n) is 3.75. The summed E-state index contributed by atoms with van der Waals surface area (Å²) in [6.07, 6.45) is 2.02. The molecule has 3 rings (SSSR count). The number of likely N-dealkylation sites (N-methyl/N-ethyl adjacent to an activating group) is 1. The van der Waals surface area contributed by atoms with Gasteiger partial charge in [0.1, 0.15) is 0 Å². The first-order valence-electron chi connectivity index (χ1n) is 6.59. The van der Waals surface area contributed by atoms with E-state index in [1.54, 1.807) is 11.3 Å². The Morgan fingerprint density at radius 1 is 1.32 bits per heavy atom. The number of nitrogens with zero attached hydrogens (tertiary/aromatic N) is 1. The Morgan fingerprint density at radius 3 is 2.84 bits per heavy atom. The van der Waals surface area contributed by atoms with E-state index < -0.39 is 0 Å². The second-order valence-corrected chi connectivity index (χ2v) is 6.25. The molecule has 1 aliphatic rings. The first-order valence-corrected chi connectivity index (χ1v) is 7.41. The van der Waals surface area contributed by atoms with Gasteiger partial charge in [0.2, 0.25) is 0 Å². The average molecular weight is 271 g/mol. The summed E-state index contributed by atoms with van der Waals surface area (Å²) in [6.45, 7) is 2.08. The van der Waals surface area contributed by atoms with Crippen molar-refractivity contribution in [2.45, 2.75) is 12.3 Å². The highest BCUT2D eigenvalue weighted by atomic mass is 32.1. The molecule has 3 heteroatoms. The minimum absolute atomic E-state index is 0.391. The monoisotopic (exact) mass is 271 g/mol. The van der Waals surface area contributed by atoms with Gasteiger partial charge in [-0.15, -0.1) is 11.3 Å². The number of thiophene rings is 1. The molecular formula is C16H17NOS. The quantitative estimate of drug-likeness (QED) is 0.782. The Bertz CT molecular complexity index is 576. The minimum Gasteiger partial charge on any atom is -0.305 e. The van der Waals surface area contributed by atoms with E-state index in [-0.39, 0.29) is 0 Å². The van der Waals surface area contributed by atoms with Crippen LogP contribution in [0.4, 0.5) is 0 Å². The molecule has 1 aromatic heterocycles. The van der Waals surface area contributed by atoms with Crippen molar-refractivity contribution < 1.29 is 4.79 Å². The highest BCUT2D eigenvalue weighted by Crippen LogP contribution is 2.36. The predicted molar refractivity (Wildman–Crippen MR) is 79.2 cm³/mol. The molecule has 19 heavy (non-hydrogen) atoms. The van der Waals surface area contributed by atoms with Crippen molar-refractivity contribution in [2.75, 3.05) is 20.1 Å². The molecule has 0 amide bonds. The Labute approximate surface area is 117 Å². The van der Waals surface area contributed by atoms with Gasteiger partial charge in [-0.3, -0.25) is 4.79 Å². The lowest BCUT2D eigenvalue weighted by atomic mass is 9.95. The number of benzene rings is 1. The first-order chi connectivity index (χ1) is 9.28. The highest BCUT2D eigenvalue weighted by Gasteiger charge is 2.25. The third kappa shape index (κ3) is 2.48. The number of rotatable bonds is 2. The van der Waals surface area contributed by atoms with E-state index >= 15 is 0 Å². The number of aldehydes is 1. The maximum Gasteiger partial charge on any atom is 0.160 e. The second kappa shape index (κ2) is 5.27. The van der Waals surface area contributed by atoms with Gasteiger partial charge >= 0.3 is 0 Å². The molecule has 0 N–H and O–H groups in total. The summed E-state index contributed by atoms with van der Waals surface area (Å²) in [5.74, 6) is 0.391. The fraction of sp³-hybridized carbons (Fsp3) is 0.312. The zero-order valence-corrected chi connectivity index (χ0v) is 11.8. The summed E-state index contributed by atoms with van der Waals surface area (Å²) in [7, 11) is 2.17. The normalized spacial score (nSPS) is 19.7. The summed E-state index contributed by atoms with van der Waals surface area (Å²) in [6, 6.07) is 12.7. The molecular weight excluding hydrogens is 254 g/mol. The van der Waals surface area contributed by atoms with E-state index in [1.165, 1.54) is 16.0 Å². The van der Waals surface area contributed by atoms with Crippen LogP contribution in [0.1, 0.15) is 31.6 Å². The molecule has 1 unspecified atom stereocenters. The molecule has 1 aliphatic heterocycles. The summed E-state index contributed by atoms with van der Waals surface area (Å²) >= 11 is 1.66. The fourth-order valence-corrected chi connectivity index (χ4v) is 3.90. The molecule has 98 valence electrons. The number of fused-ring (bicyclic) bond motifs is 1. The molecule has 0 bridgehead atoms. The second-order valence-electron chi connectivity index (χ2n) is 5.13. The van der Waals surface area contributed by atoms with Crippen LogP contribution in [-0.2, 0) is 6.42 Å². The Hall–Kier alpha value is -1.45. The van der Waals surface area contributed by atoms with Gasteiger partial charge in [-0.25, -0.2) is 0 Å². The van der Waals surface area contributed by atoms with Crippen LogP contribution in [0.25, 0.3) is 0 Å². The standard InChI is InChI=1S/C16H17NOS/c1-17-8-7-13-9-14(11-18)19-16(13)15(10-17)12-5-3-2-4-6-12/h2-6,9,11,15H,7-8,10H2,1H3. The van der Waals surface area contributed by atoms with Crippen molar-refractivity contribution in [3.05, 3.63) is 57.3 Å². The molecule has 1 aromatic carbocycles. The van der Waals surface area contributed by atoms with Gasteiger partial charge in [0.25, 0.3) is 0 Å². The SMILES string of the molecule is CN1CCc2cc(C=O)sc2C(c2ccccc2)C1. The van der Waals surface area contributed by atoms with Crippen LogP contribution < -0.4 is 0 Å². The van der Waals surface area contributed by atoms with Gasteiger partial charge in [-0.1, -0.05) is 30.3 Å². The Morgan fingerprint density at radius 2 is 2.11 bits per heavy atom. The summed E-state index contributed by atoms with van der Waals surface area (Å²) in [5, 5.41) is 0. The van der Waals surface area contributed by atoms with E-state index in [4.69, 9.17) is 0 Å². The van der Waals surface area contributed by atoms with E-state index in [0.717, 1.165) is 30.7 Å². The summed E-state index contributed by atoms with van der Waals surface area (Å²) < 4.78 is 0. The van der Waals surface area contributed by atoms with Crippen LogP contribution in [0.2, 0.25) is 0 Å². The van der Waals surface area contributed by atoms with Crippen molar-refractivity contribution >= 4 is 17.6 Å². The maximum absolute atomic E-state index is 11.0. The van der Waals surface area contributed by atoms with Crippen molar-refractivity contribution in [2.24, 2.45) is 0 Å². The number of carbonyl (C=O) groups excluding carboxylic acids is 1. The van der Waals surface area contributed by atoms with E-state index in [1.807, 2.05) is 0 Å². The van der Waals surface area contributed by atoms with Crippen LogP contribution in [0.3, 0.4) is 0 Å². The van der Waals surface area contributed by atoms with E-state index in [0.29, 0.717) is 5.92 Å². The third-order valence-corrected chi connectivity index (χ3v) is 4.97. The molecule has 2 heterocycles. The van der Waals surface area contributed by atoms with Crippen LogP contribution >= 0.6 is 11.3 Å². The van der Waals surface area contributed by atoms with Gasteiger partial charge in [0.15, 0.2) is 6.29 Å². The zero-order chi connectivity index (χ0) is 13.2. The van der Waals surface area contributed by atoms with Crippen LogP contribution in [-0.4, -0.2) is 31.3 Å². The van der Waals surface area contributed by atoms with Gasteiger partial charge in [0.05, 0.1) is 4.88 Å². The van der Waals surface area contributed by atoms with Crippen LogP contribution in [0.15, 0.2) is 36.4 Å². The van der Waals surface area contributed by atoms with Gasteiger partial charge in [-0.2, -0.15) is 0 Å². The number of hydrogen-bond acceptors (Lipinski definition) is 3. The molecule has 2 nitrogen and oxygen atoms in total. The van der Waals surface area contributed by atoms with Crippen molar-refractivity contribution in [3.8, 4) is 0 Å². The molecule has 1 atom stereocenters. The van der Waals surface area contributed by atoms with Gasteiger partial charge in [0, 0.05) is 23.9 Å². The highest BCUT2D eigenvalue weighted by molar-refractivity contribution is 7.14. The lowest BCUT2D eigenvalue weighted by molar-refractivity contribution is 0.112. The lowest BCUT2D eigenvalue weighted by Crippen LogP contribution is -2.24. The average Bonchev–Trinajstić information content (AvgIpc) is 2.80. The predicted octanol–water partition coefficient (Wildman–Crippen LogP) is 3.18. The first kappa shape index (κ1) is 12.6. The van der Waals surface area contributed by atoms with Gasteiger partial charge < -0.3 is 4.90 Å². The van der Waals surface area contributed by atoms with Crippen molar-refractivity contribution in [1.29, 1.82) is 0 Å². The van der Waals surface area contributed by atoms with Crippen LogP contribution in [0.5, 0.6) is 0 Å². The minimum atomic E-state index is 0.391. The number of carbonyl (C=O) groups is 1. The number of hydrogen-bond donors (Lipinski definition) is 0. The molecule has 0 aliphatic carbocycles. The van der Waals surface area contributed by atoms with Crippen molar-refractivity contribution in [3.63, 3.8) is 0 Å². The lowest BCUT2D eigenvalue weighted by Gasteiger charge is -2.20. The fourth-order valence-electron chi connectivity index (χ4n) is 2.75. The topological polar surface area (TPSA) is 20.3 Å². The maximum atomic E-state index is 11.0. The van der Waals surface area contributed by atoms with Crippen molar-refractivity contribution in [1.82, 2.24) is 4.90 Å². The van der Waals surface area contributed by atoms with E-state index in [9.17, 15) is 4.79 Å². The Kier molecular flexibility index (Phi) is 3.49. The smallest absolute Gasteiger partial charge is 0.160 e. The van der Waals surface area contributed by atoms with E-state index in [2.05, 4.69) is 48.3 Å². The molecule has 0 spiro atoms. The molecule has 2 aromatic rings. The molecule has 0 fully saturated rings. The molecule has 0 saturated carbocycles. The van der Waals surface area contributed by atoms with Gasteiger partial charge in [-0.05, 0) is 30.7 Å². The van der Waals surface area contributed by atoms with Crippen LogP contribution in [0, 0.1) is 0 Å². The molecule has 0 radical (unpaired) electrons. The zero-order valence-electron chi connectivity index (χ0n) is 11.0.